The molecule has 186 valence electrons. The molecule has 9 nitrogen and oxygen atoms in total. The Kier molecular flexibility index (Phi) is 8.40. The molecule has 1 aliphatic heterocycles. The Labute approximate surface area is 208 Å². The number of rotatable bonds is 7. The second-order valence-electron chi connectivity index (χ2n) is 7.40. The van der Waals surface area contributed by atoms with Gasteiger partial charge in [-0.2, -0.15) is 0 Å². The molecule has 2 aromatic rings. The quantitative estimate of drug-likeness (QED) is 0.427. The van der Waals surface area contributed by atoms with Crippen molar-refractivity contribution >= 4 is 35.6 Å². The Balaban J connectivity index is 2.48. The third kappa shape index (κ3) is 5.05. The molecule has 1 heterocycles. The molecule has 0 aromatic heterocycles. The average molecular weight is 491 g/mol. The largest absolute Gasteiger partial charge is 0.466 e. The van der Waals surface area contributed by atoms with E-state index in [1.165, 1.54) is 4.90 Å². The molecular weight excluding hydrogens is 466 g/mol. The number of hydrogen-bond donors (Lipinski definition) is 0. The van der Waals surface area contributed by atoms with Crippen LogP contribution in [0.15, 0.2) is 89.2 Å². The van der Waals surface area contributed by atoms with Gasteiger partial charge in [0.2, 0.25) is 0 Å². The van der Waals surface area contributed by atoms with Crippen LogP contribution in [0.2, 0.25) is 0 Å². The Morgan fingerprint density at radius 3 is 1.69 bits per heavy atom. The SMILES string of the molecule is COC(=O)C1=C(C(=O)OC)C(/C=C/c2ccccc2)N(c2ccccc2)C(C(=O)OC)=C1C(=O)OC. The van der Waals surface area contributed by atoms with Gasteiger partial charge in [0.1, 0.15) is 11.3 Å². The van der Waals surface area contributed by atoms with Crippen molar-refractivity contribution in [2.24, 2.45) is 0 Å². The molecule has 0 saturated carbocycles. The van der Waals surface area contributed by atoms with Gasteiger partial charge in [-0.05, 0) is 17.7 Å². The Hall–Kier alpha value is -4.66. The third-order valence-corrected chi connectivity index (χ3v) is 5.44. The molecule has 0 spiro atoms. The fraction of sp³-hybridized carbons (Fsp3) is 0.185. The highest BCUT2D eigenvalue weighted by atomic mass is 16.5. The lowest BCUT2D eigenvalue weighted by Crippen LogP contribution is -2.46. The first-order valence-electron chi connectivity index (χ1n) is 10.8. The predicted molar refractivity (Wildman–Crippen MR) is 130 cm³/mol. The first-order valence-corrected chi connectivity index (χ1v) is 10.8. The van der Waals surface area contributed by atoms with E-state index in [9.17, 15) is 19.2 Å². The number of ether oxygens (including phenoxy) is 4. The van der Waals surface area contributed by atoms with Crippen LogP contribution in [0, 0.1) is 0 Å². The van der Waals surface area contributed by atoms with E-state index in [1.54, 1.807) is 42.5 Å². The molecule has 0 amide bonds. The van der Waals surface area contributed by atoms with E-state index in [0.717, 1.165) is 34.0 Å². The average Bonchev–Trinajstić information content (AvgIpc) is 2.94. The predicted octanol–water partition coefficient (Wildman–Crippen LogP) is 2.83. The van der Waals surface area contributed by atoms with E-state index >= 15 is 0 Å². The summed E-state index contributed by atoms with van der Waals surface area (Å²) in [5.41, 5.74) is -0.222. The van der Waals surface area contributed by atoms with Crippen molar-refractivity contribution in [3.8, 4) is 0 Å². The number of para-hydroxylation sites is 1. The normalized spacial score (nSPS) is 15.6. The van der Waals surface area contributed by atoms with Crippen LogP contribution in [0.3, 0.4) is 0 Å². The molecule has 2 aromatic carbocycles. The summed E-state index contributed by atoms with van der Waals surface area (Å²) >= 11 is 0. The summed E-state index contributed by atoms with van der Waals surface area (Å²) in [6.07, 6.45) is 3.34. The van der Waals surface area contributed by atoms with Crippen molar-refractivity contribution in [1.29, 1.82) is 0 Å². The van der Waals surface area contributed by atoms with Crippen molar-refractivity contribution in [2.45, 2.75) is 6.04 Å². The molecular formula is C27H25NO8. The van der Waals surface area contributed by atoms with Gasteiger partial charge in [-0.15, -0.1) is 0 Å². The van der Waals surface area contributed by atoms with Crippen molar-refractivity contribution in [2.75, 3.05) is 33.3 Å². The molecule has 0 radical (unpaired) electrons. The molecule has 36 heavy (non-hydrogen) atoms. The van der Waals surface area contributed by atoms with Crippen molar-refractivity contribution in [1.82, 2.24) is 0 Å². The molecule has 0 saturated heterocycles. The standard InChI is InChI=1S/C27H25NO8/c1-33-24(29)20-19(16-15-17-11-7-5-8-12-17)28(18-13-9-6-10-14-18)23(27(32)36-4)22(26(31)35-3)21(20)25(30)34-2/h5-16,19H,1-4H3/b16-15+. The highest BCUT2D eigenvalue weighted by Crippen LogP contribution is 2.39. The van der Waals surface area contributed by atoms with Crippen LogP contribution >= 0.6 is 0 Å². The fourth-order valence-corrected chi connectivity index (χ4v) is 3.86. The molecule has 0 bridgehead atoms. The van der Waals surface area contributed by atoms with Gasteiger partial charge >= 0.3 is 23.9 Å². The minimum atomic E-state index is -1.07. The maximum absolute atomic E-state index is 13.2. The van der Waals surface area contributed by atoms with E-state index in [0.29, 0.717) is 5.69 Å². The van der Waals surface area contributed by atoms with Crippen LogP contribution in [-0.2, 0) is 38.1 Å². The van der Waals surface area contributed by atoms with Gasteiger partial charge < -0.3 is 23.8 Å². The number of anilines is 1. The lowest BCUT2D eigenvalue weighted by molar-refractivity contribution is -0.142. The van der Waals surface area contributed by atoms with Crippen LogP contribution in [-0.4, -0.2) is 58.4 Å². The third-order valence-electron chi connectivity index (χ3n) is 5.44. The number of esters is 4. The van der Waals surface area contributed by atoms with Crippen LogP contribution in [0.1, 0.15) is 5.56 Å². The summed E-state index contributed by atoms with van der Waals surface area (Å²) in [7, 11) is 4.46. The van der Waals surface area contributed by atoms with Gasteiger partial charge in [0.25, 0.3) is 0 Å². The zero-order valence-electron chi connectivity index (χ0n) is 20.2. The minimum absolute atomic E-state index is 0.214. The first-order chi connectivity index (χ1) is 17.4. The number of hydrogen-bond acceptors (Lipinski definition) is 9. The number of methoxy groups -OCH3 is 4. The molecule has 1 atom stereocenters. The number of carbonyl (C=O) groups is 4. The van der Waals surface area contributed by atoms with Gasteiger partial charge in [-0.25, -0.2) is 19.2 Å². The molecule has 1 unspecified atom stereocenters. The van der Waals surface area contributed by atoms with E-state index in [1.807, 2.05) is 30.3 Å². The van der Waals surface area contributed by atoms with Gasteiger partial charge in [-0.1, -0.05) is 60.7 Å². The van der Waals surface area contributed by atoms with Crippen molar-refractivity contribution in [3.05, 3.63) is 94.7 Å². The summed E-state index contributed by atoms with van der Waals surface area (Å²) in [6, 6.07) is 16.7. The summed E-state index contributed by atoms with van der Waals surface area (Å²) in [6.45, 7) is 0. The van der Waals surface area contributed by atoms with E-state index in [-0.39, 0.29) is 11.3 Å². The number of carbonyl (C=O) groups excluding carboxylic acids is 4. The highest BCUT2D eigenvalue weighted by Gasteiger charge is 2.46. The van der Waals surface area contributed by atoms with Crippen LogP contribution in [0.5, 0.6) is 0 Å². The molecule has 0 fully saturated rings. The maximum Gasteiger partial charge on any atom is 0.355 e. The molecule has 0 aliphatic carbocycles. The first kappa shape index (κ1) is 26.0. The second kappa shape index (κ2) is 11.7. The van der Waals surface area contributed by atoms with Gasteiger partial charge in [0, 0.05) is 5.69 Å². The summed E-state index contributed by atoms with van der Waals surface area (Å²) < 4.78 is 19.8. The van der Waals surface area contributed by atoms with Crippen LogP contribution in [0.4, 0.5) is 5.69 Å². The zero-order valence-corrected chi connectivity index (χ0v) is 20.2. The lowest BCUT2D eigenvalue weighted by atomic mass is 9.86. The van der Waals surface area contributed by atoms with E-state index < -0.39 is 41.1 Å². The minimum Gasteiger partial charge on any atom is -0.466 e. The highest BCUT2D eigenvalue weighted by molar-refractivity contribution is 6.18. The number of benzene rings is 2. The Morgan fingerprint density at radius 1 is 0.667 bits per heavy atom. The van der Waals surface area contributed by atoms with E-state index in [4.69, 9.17) is 18.9 Å². The maximum atomic E-state index is 13.2. The fourth-order valence-electron chi connectivity index (χ4n) is 3.86. The zero-order chi connectivity index (χ0) is 26.2. The van der Waals surface area contributed by atoms with Crippen molar-refractivity contribution in [3.63, 3.8) is 0 Å². The molecule has 1 aliphatic rings. The molecule has 3 rings (SSSR count). The van der Waals surface area contributed by atoms with Crippen molar-refractivity contribution < 1.29 is 38.1 Å². The Morgan fingerprint density at radius 2 is 1.17 bits per heavy atom. The van der Waals surface area contributed by atoms with Gasteiger partial charge in [0.05, 0.1) is 45.6 Å². The van der Waals surface area contributed by atoms with Gasteiger partial charge in [0.15, 0.2) is 0 Å². The second-order valence-corrected chi connectivity index (χ2v) is 7.40. The molecule has 0 N–H and O–H groups in total. The Bertz CT molecular complexity index is 1250. The summed E-state index contributed by atoms with van der Waals surface area (Å²) in [4.78, 5) is 53.8. The topological polar surface area (TPSA) is 108 Å². The van der Waals surface area contributed by atoms with Crippen LogP contribution in [0.25, 0.3) is 6.08 Å². The lowest BCUT2D eigenvalue weighted by Gasteiger charge is -2.38. The smallest absolute Gasteiger partial charge is 0.355 e. The summed E-state index contributed by atoms with van der Waals surface area (Å²) in [5, 5.41) is 0. The number of nitrogens with zero attached hydrogens (tertiary/aromatic N) is 1. The van der Waals surface area contributed by atoms with E-state index in [2.05, 4.69) is 0 Å². The summed E-state index contributed by atoms with van der Waals surface area (Å²) in [5.74, 6) is -3.89. The monoisotopic (exact) mass is 491 g/mol. The van der Waals surface area contributed by atoms with Crippen LogP contribution < -0.4 is 4.90 Å². The molecule has 9 heteroatoms. The van der Waals surface area contributed by atoms with Gasteiger partial charge in [-0.3, -0.25) is 0 Å².